The number of rotatable bonds is 2. The van der Waals surface area contributed by atoms with Gasteiger partial charge < -0.3 is 10.5 Å². The second-order valence-electron chi connectivity index (χ2n) is 2.48. The summed E-state index contributed by atoms with van der Waals surface area (Å²) in [6.07, 6.45) is 0. The largest absolute Gasteiger partial charge is 0.463 e. The summed E-state index contributed by atoms with van der Waals surface area (Å²) in [5.41, 5.74) is 6.35. The summed E-state index contributed by atoms with van der Waals surface area (Å²) >= 11 is 0. The van der Waals surface area contributed by atoms with Crippen molar-refractivity contribution in [2.75, 3.05) is 6.61 Å². The minimum absolute atomic E-state index is 0.331. The number of nitrogens with two attached hydrogens (primary N) is 1. The molecule has 0 aromatic heterocycles. The van der Waals surface area contributed by atoms with Gasteiger partial charge in [-0.25, -0.2) is 4.79 Å². The van der Waals surface area contributed by atoms with E-state index in [1.165, 1.54) is 0 Å². The summed E-state index contributed by atoms with van der Waals surface area (Å²) in [5.74, 6) is -0.331. The molecule has 90 valence electrons. The van der Waals surface area contributed by atoms with E-state index >= 15 is 0 Å². The number of hydrogen-bond acceptors (Lipinski definition) is 5. The van der Waals surface area contributed by atoms with Gasteiger partial charge in [0.05, 0.1) is 12.2 Å². The van der Waals surface area contributed by atoms with Crippen LogP contribution in [0.1, 0.15) is 20.8 Å². The molecular formula is C7H15NO6S. The van der Waals surface area contributed by atoms with E-state index in [9.17, 15) is 4.79 Å². The van der Waals surface area contributed by atoms with Gasteiger partial charge in [0.15, 0.2) is 0 Å². The van der Waals surface area contributed by atoms with Gasteiger partial charge in [-0.15, -0.1) is 0 Å². The Bertz CT molecular complexity index is 319. The Morgan fingerprint density at radius 1 is 1.33 bits per heavy atom. The van der Waals surface area contributed by atoms with Crippen molar-refractivity contribution in [1.82, 2.24) is 0 Å². The summed E-state index contributed by atoms with van der Waals surface area (Å²) in [5, 5.41) is 0. The van der Waals surface area contributed by atoms with Crippen molar-refractivity contribution in [2.24, 2.45) is 5.73 Å². The first kappa shape index (κ1) is 16.3. The van der Waals surface area contributed by atoms with E-state index in [-0.39, 0.29) is 5.97 Å². The van der Waals surface area contributed by atoms with Crippen LogP contribution in [0.4, 0.5) is 0 Å². The minimum atomic E-state index is -4.67. The van der Waals surface area contributed by atoms with E-state index in [4.69, 9.17) is 23.3 Å². The van der Waals surface area contributed by atoms with Gasteiger partial charge in [0.1, 0.15) is 0 Å². The lowest BCUT2D eigenvalue weighted by atomic mass is 10.2. The third-order valence-electron chi connectivity index (χ3n) is 1.17. The van der Waals surface area contributed by atoms with E-state index < -0.39 is 10.4 Å². The molecule has 0 radical (unpaired) electrons. The number of esters is 1. The van der Waals surface area contributed by atoms with Crippen LogP contribution in [-0.2, 0) is 19.9 Å². The molecule has 0 rings (SSSR count). The Hall–Kier alpha value is -1.12. The minimum Gasteiger partial charge on any atom is -0.463 e. The maximum absolute atomic E-state index is 10.8. The van der Waals surface area contributed by atoms with Gasteiger partial charge in [-0.1, -0.05) is 0 Å². The van der Waals surface area contributed by atoms with E-state index in [1.54, 1.807) is 20.8 Å². The smallest absolute Gasteiger partial charge is 0.394 e. The standard InChI is InChI=1S/C7H13NO2.H2O4S/c1-4-10-7(9)5(2)6(3)8;1-5(2,3)4/h4,8H2,1-3H3;(H2,1,2,3,4). The van der Waals surface area contributed by atoms with Gasteiger partial charge in [0, 0.05) is 5.70 Å². The maximum Gasteiger partial charge on any atom is 0.394 e. The van der Waals surface area contributed by atoms with Crippen LogP contribution in [0.3, 0.4) is 0 Å². The molecule has 0 fully saturated rings. The Morgan fingerprint density at radius 3 is 1.87 bits per heavy atom. The molecule has 0 bridgehead atoms. The predicted octanol–water partition coefficient (Wildman–Crippen LogP) is 0.149. The van der Waals surface area contributed by atoms with Crippen LogP contribution in [0, 0.1) is 0 Å². The van der Waals surface area contributed by atoms with Gasteiger partial charge in [-0.2, -0.15) is 8.42 Å². The van der Waals surface area contributed by atoms with Crippen molar-refractivity contribution in [3.63, 3.8) is 0 Å². The average molecular weight is 241 g/mol. The molecule has 0 atom stereocenters. The number of allylic oxidation sites excluding steroid dienone is 1. The highest BCUT2D eigenvalue weighted by atomic mass is 32.3. The fourth-order valence-corrected chi connectivity index (χ4v) is 0.400. The lowest BCUT2D eigenvalue weighted by Crippen LogP contribution is -2.09. The Balaban J connectivity index is 0. The first-order chi connectivity index (χ1) is 6.59. The zero-order valence-corrected chi connectivity index (χ0v) is 9.54. The van der Waals surface area contributed by atoms with Crippen molar-refractivity contribution >= 4 is 16.4 Å². The molecule has 0 aromatic rings. The van der Waals surface area contributed by atoms with Crippen LogP contribution in [0.5, 0.6) is 0 Å². The van der Waals surface area contributed by atoms with Gasteiger partial charge in [0.25, 0.3) is 0 Å². The second-order valence-corrected chi connectivity index (χ2v) is 3.37. The fourth-order valence-electron chi connectivity index (χ4n) is 0.400. The maximum atomic E-state index is 10.8. The summed E-state index contributed by atoms with van der Waals surface area (Å²) in [4.78, 5) is 10.8. The van der Waals surface area contributed by atoms with Gasteiger partial charge in [-0.3, -0.25) is 9.11 Å². The zero-order chi connectivity index (χ0) is 12.6. The average Bonchev–Trinajstić information content (AvgIpc) is 2.00. The summed E-state index contributed by atoms with van der Waals surface area (Å²) in [7, 11) is -4.67. The molecule has 0 spiro atoms. The molecule has 0 aliphatic rings. The molecule has 0 heterocycles. The van der Waals surface area contributed by atoms with Crippen molar-refractivity contribution in [3.05, 3.63) is 11.3 Å². The van der Waals surface area contributed by atoms with Gasteiger partial charge in [0.2, 0.25) is 0 Å². The molecule has 0 aliphatic carbocycles. The molecule has 0 amide bonds. The Morgan fingerprint density at radius 2 is 1.67 bits per heavy atom. The summed E-state index contributed by atoms with van der Waals surface area (Å²) < 4.78 is 36.3. The normalized spacial score (nSPS) is 12.1. The highest BCUT2D eigenvalue weighted by Crippen LogP contribution is 1.99. The first-order valence-corrected chi connectivity index (χ1v) is 5.29. The van der Waals surface area contributed by atoms with Crippen molar-refractivity contribution < 1.29 is 27.1 Å². The van der Waals surface area contributed by atoms with Gasteiger partial charge >= 0.3 is 16.4 Å². The number of carbonyl (C=O) groups excluding carboxylic acids is 1. The van der Waals surface area contributed by atoms with E-state index in [0.717, 1.165) is 0 Å². The molecule has 4 N–H and O–H groups in total. The van der Waals surface area contributed by atoms with E-state index in [2.05, 4.69) is 4.74 Å². The summed E-state index contributed by atoms with van der Waals surface area (Å²) in [6.45, 7) is 5.47. The van der Waals surface area contributed by atoms with E-state index in [1.807, 2.05) is 0 Å². The lowest BCUT2D eigenvalue weighted by molar-refractivity contribution is -0.138. The highest BCUT2D eigenvalue weighted by Gasteiger charge is 2.05. The van der Waals surface area contributed by atoms with Crippen LogP contribution < -0.4 is 5.73 Å². The van der Waals surface area contributed by atoms with Crippen molar-refractivity contribution in [2.45, 2.75) is 20.8 Å². The topological polar surface area (TPSA) is 127 Å². The molecule has 0 aliphatic heterocycles. The molecule has 0 aromatic carbocycles. The lowest BCUT2D eigenvalue weighted by Gasteiger charge is -2.01. The highest BCUT2D eigenvalue weighted by molar-refractivity contribution is 7.79. The molecule has 0 saturated carbocycles. The Kier molecular flexibility index (Phi) is 7.84. The second kappa shape index (κ2) is 7.21. The van der Waals surface area contributed by atoms with E-state index in [0.29, 0.717) is 17.9 Å². The third-order valence-corrected chi connectivity index (χ3v) is 1.17. The quantitative estimate of drug-likeness (QED) is 0.356. The summed E-state index contributed by atoms with van der Waals surface area (Å²) in [6, 6.07) is 0. The molecule has 15 heavy (non-hydrogen) atoms. The van der Waals surface area contributed by atoms with Crippen LogP contribution >= 0.6 is 0 Å². The SMILES string of the molecule is CCOC(=O)C(C)=C(C)N.O=S(=O)(O)O. The first-order valence-electron chi connectivity index (χ1n) is 3.89. The zero-order valence-electron chi connectivity index (χ0n) is 8.72. The third kappa shape index (κ3) is 15.6. The number of hydrogen-bond donors (Lipinski definition) is 3. The Labute approximate surface area is 88.5 Å². The van der Waals surface area contributed by atoms with Crippen LogP contribution in [0.15, 0.2) is 11.3 Å². The molecule has 8 heteroatoms. The number of carbonyl (C=O) groups is 1. The van der Waals surface area contributed by atoms with Crippen LogP contribution in [0.25, 0.3) is 0 Å². The van der Waals surface area contributed by atoms with Crippen molar-refractivity contribution in [3.8, 4) is 0 Å². The molecule has 7 nitrogen and oxygen atoms in total. The van der Waals surface area contributed by atoms with Crippen LogP contribution in [-0.4, -0.2) is 30.1 Å². The van der Waals surface area contributed by atoms with Gasteiger partial charge in [-0.05, 0) is 20.8 Å². The van der Waals surface area contributed by atoms with Crippen LogP contribution in [0.2, 0.25) is 0 Å². The molecular weight excluding hydrogens is 226 g/mol. The van der Waals surface area contributed by atoms with Crippen molar-refractivity contribution in [1.29, 1.82) is 0 Å². The fraction of sp³-hybridized carbons (Fsp3) is 0.571. The molecule has 0 unspecified atom stereocenters. The number of ether oxygens (including phenoxy) is 1. The molecule has 0 saturated heterocycles. The predicted molar refractivity (Wildman–Crippen MR) is 53.4 cm³/mol. The monoisotopic (exact) mass is 241 g/mol.